The average Bonchev–Trinajstić information content (AvgIpc) is 2.31. The molecule has 0 saturated heterocycles. The molecule has 0 saturated carbocycles. The van der Waals surface area contributed by atoms with E-state index in [1.165, 1.54) is 0 Å². The molecule has 18 heavy (non-hydrogen) atoms. The van der Waals surface area contributed by atoms with Gasteiger partial charge in [-0.05, 0) is 37.6 Å². The molecule has 0 aliphatic carbocycles. The highest BCUT2D eigenvalue weighted by atomic mass is 15.1. The van der Waals surface area contributed by atoms with E-state index in [0.29, 0.717) is 11.6 Å². The van der Waals surface area contributed by atoms with Crippen LogP contribution in [0, 0.1) is 13.8 Å². The molecule has 0 unspecified atom stereocenters. The predicted octanol–water partition coefficient (Wildman–Crippen LogP) is 3.78. The predicted molar refractivity (Wildman–Crippen MR) is 70.0 cm³/mol. The second-order valence-corrected chi connectivity index (χ2v) is 3.84. The van der Waals surface area contributed by atoms with Gasteiger partial charge in [-0.1, -0.05) is 17.2 Å². The molecule has 6 nitrogen and oxygen atoms in total. The Bertz CT molecular complexity index is 578. The smallest absolute Gasteiger partial charge is 0.227 e. The summed E-state index contributed by atoms with van der Waals surface area (Å²) in [5.74, 6) is 0.559. The quantitative estimate of drug-likeness (QED) is 0.503. The molecular formula is C12H12N6. The zero-order chi connectivity index (χ0) is 13.0. The summed E-state index contributed by atoms with van der Waals surface area (Å²) in [6.45, 7) is 3.84. The number of anilines is 2. The first-order chi connectivity index (χ1) is 8.67. The molecule has 0 aliphatic rings. The van der Waals surface area contributed by atoms with Crippen LogP contribution in [-0.2, 0) is 0 Å². The molecule has 1 aromatic heterocycles. The number of benzene rings is 1. The minimum Gasteiger partial charge on any atom is -0.324 e. The maximum absolute atomic E-state index is 8.31. The monoisotopic (exact) mass is 240 g/mol. The second-order valence-electron chi connectivity index (χ2n) is 3.84. The number of rotatable bonds is 3. The molecule has 1 N–H and O–H groups in total. The van der Waals surface area contributed by atoms with Crippen molar-refractivity contribution in [2.75, 3.05) is 5.32 Å². The van der Waals surface area contributed by atoms with Crippen LogP contribution < -0.4 is 5.32 Å². The fourth-order valence-corrected chi connectivity index (χ4v) is 1.57. The molecular weight excluding hydrogens is 228 g/mol. The lowest BCUT2D eigenvalue weighted by atomic mass is 10.3. The topological polar surface area (TPSA) is 86.6 Å². The van der Waals surface area contributed by atoms with E-state index in [1.54, 1.807) is 12.1 Å². The van der Waals surface area contributed by atoms with Crippen LogP contribution in [0.2, 0.25) is 0 Å². The Morgan fingerprint density at radius 1 is 1.11 bits per heavy atom. The van der Waals surface area contributed by atoms with Gasteiger partial charge in [0.1, 0.15) is 0 Å². The zero-order valence-electron chi connectivity index (χ0n) is 10.1. The zero-order valence-corrected chi connectivity index (χ0v) is 10.1. The third-order valence-electron chi connectivity index (χ3n) is 2.27. The lowest BCUT2D eigenvalue weighted by Gasteiger charge is -2.06. The van der Waals surface area contributed by atoms with E-state index in [0.717, 1.165) is 17.1 Å². The number of azide groups is 1. The number of aromatic nitrogens is 2. The molecule has 0 amide bonds. The van der Waals surface area contributed by atoms with Crippen LogP contribution in [-0.4, -0.2) is 9.97 Å². The van der Waals surface area contributed by atoms with E-state index in [-0.39, 0.29) is 0 Å². The van der Waals surface area contributed by atoms with Gasteiger partial charge in [0, 0.05) is 27.7 Å². The Balaban J connectivity index is 2.20. The third-order valence-corrected chi connectivity index (χ3v) is 2.27. The summed E-state index contributed by atoms with van der Waals surface area (Å²) in [7, 11) is 0. The highest BCUT2D eigenvalue weighted by Gasteiger charge is 2.00. The maximum Gasteiger partial charge on any atom is 0.227 e. The van der Waals surface area contributed by atoms with Gasteiger partial charge in [-0.2, -0.15) is 0 Å². The molecule has 0 spiro atoms. The summed E-state index contributed by atoms with van der Waals surface area (Å²) in [5, 5.41) is 6.60. The fraction of sp³-hybridized carbons (Fsp3) is 0.167. The third kappa shape index (κ3) is 2.96. The molecule has 2 aromatic rings. The van der Waals surface area contributed by atoms with Crippen LogP contribution in [0.1, 0.15) is 11.4 Å². The lowest BCUT2D eigenvalue weighted by Crippen LogP contribution is -1.99. The van der Waals surface area contributed by atoms with Crippen LogP contribution in [0.3, 0.4) is 0 Å². The number of nitrogens with zero attached hydrogens (tertiary/aromatic N) is 5. The summed E-state index contributed by atoms with van der Waals surface area (Å²) in [5.41, 5.74) is 11.6. The van der Waals surface area contributed by atoms with E-state index in [2.05, 4.69) is 25.3 Å². The fourth-order valence-electron chi connectivity index (χ4n) is 1.57. The summed E-state index contributed by atoms with van der Waals surface area (Å²) < 4.78 is 0. The molecule has 90 valence electrons. The Morgan fingerprint density at radius 3 is 2.28 bits per heavy atom. The van der Waals surface area contributed by atoms with E-state index in [1.807, 2.05) is 32.0 Å². The molecule has 2 rings (SSSR count). The van der Waals surface area contributed by atoms with Crippen molar-refractivity contribution in [3.63, 3.8) is 0 Å². The van der Waals surface area contributed by atoms with Crippen molar-refractivity contribution in [3.05, 3.63) is 52.2 Å². The molecule has 0 aliphatic heterocycles. The average molecular weight is 240 g/mol. The van der Waals surface area contributed by atoms with Gasteiger partial charge in [-0.15, -0.1) is 0 Å². The van der Waals surface area contributed by atoms with E-state index in [4.69, 9.17) is 5.53 Å². The molecule has 0 radical (unpaired) electrons. The molecule has 0 bridgehead atoms. The first kappa shape index (κ1) is 11.9. The maximum atomic E-state index is 8.31. The Labute approximate surface area is 104 Å². The Kier molecular flexibility index (Phi) is 3.41. The minimum absolute atomic E-state index is 0.559. The van der Waals surface area contributed by atoms with Crippen molar-refractivity contribution >= 4 is 17.3 Å². The molecule has 1 heterocycles. The molecule has 0 fully saturated rings. The van der Waals surface area contributed by atoms with Crippen LogP contribution in [0.5, 0.6) is 0 Å². The van der Waals surface area contributed by atoms with Crippen LogP contribution in [0.25, 0.3) is 10.4 Å². The van der Waals surface area contributed by atoms with Crippen molar-refractivity contribution in [1.82, 2.24) is 9.97 Å². The van der Waals surface area contributed by atoms with Crippen LogP contribution in [0.15, 0.2) is 35.4 Å². The Hall–Kier alpha value is -2.59. The van der Waals surface area contributed by atoms with Crippen molar-refractivity contribution in [2.24, 2.45) is 5.11 Å². The number of nitrogens with one attached hydrogen (secondary N) is 1. The van der Waals surface area contributed by atoms with Gasteiger partial charge in [0.15, 0.2) is 0 Å². The van der Waals surface area contributed by atoms with Gasteiger partial charge < -0.3 is 5.32 Å². The van der Waals surface area contributed by atoms with Crippen molar-refractivity contribution in [2.45, 2.75) is 13.8 Å². The largest absolute Gasteiger partial charge is 0.324 e. The van der Waals surface area contributed by atoms with Gasteiger partial charge in [-0.25, -0.2) is 9.97 Å². The van der Waals surface area contributed by atoms with Gasteiger partial charge in [0.2, 0.25) is 5.95 Å². The van der Waals surface area contributed by atoms with Crippen molar-refractivity contribution in [1.29, 1.82) is 0 Å². The molecule has 1 aromatic carbocycles. The van der Waals surface area contributed by atoms with Gasteiger partial charge >= 0.3 is 0 Å². The standard InChI is InChI=1S/C12H12N6/c1-8-7-9(2)15-12(14-8)16-10-3-5-11(6-4-10)17-18-13/h3-7H,1-2H3,(H,14,15,16). The normalized spacial score (nSPS) is 9.67. The molecule has 6 heteroatoms. The summed E-state index contributed by atoms with van der Waals surface area (Å²) in [6, 6.07) is 8.99. The van der Waals surface area contributed by atoms with Gasteiger partial charge in [0.05, 0.1) is 0 Å². The minimum atomic E-state index is 0.559. The summed E-state index contributed by atoms with van der Waals surface area (Å²) >= 11 is 0. The van der Waals surface area contributed by atoms with Crippen molar-refractivity contribution < 1.29 is 0 Å². The van der Waals surface area contributed by atoms with Crippen LogP contribution in [0.4, 0.5) is 17.3 Å². The summed E-state index contributed by atoms with van der Waals surface area (Å²) in [4.78, 5) is 11.3. The highest BCUT2D eigenvalue weighted by molar-refractivity contribution is 5.56. The van der Waals surface area contributed by atoms with Crippen LogP contribution >= 0.6 is 0 Å². The Morgan fingerprint density at radius 2 is 1.72 bits per heavy atom. The SMILES string of the molecule is Cc1cc(C)nc(Nc2ccc(N=[N+]=[N-])cc2)n1. The van der Waals surface area contributed by atoms with Gasteiger partial charge in [0.25, 0.3) is 0 Å². The van der Waals surface area contributed by atoms with Gasteiger partial charge in [-0.3, -0.25) is 0 Å². The highest BCUT2D eigenvalue weighted by Crippen LogP contribution is 2.18. The number of hydrogen-bond donors (Lipinski definition) is 1. The second kappa shape index (κ2) is 5.16. The summed E-state index contributed by atoms with van der Waals surface area (Å²) in [6.07, 6.45) is 0. The lowest BCUT2D eigenvalue weighted by molar-refractivity contribution is 1.06. The number of hydrogen-bond acceptors (Lipinski definition) is 4. The van der Waals surface area contributed by atoms with E-state index < -0.39 is 0 Å². The molecule has 0 atom stereocenters. The van der Waals surface area contributed by atoms with E-state index >= 15 is 0 Å². The first-order valence-electron chi connectivity index (χ1n) is 5.42. The van der Waals surface area contributed by atoms with Crippen molar-refractivity contribution in [3.8, 4) is 0 Å². The van der Waals surface area contributed by atoms with E-state index in [9.17, 15) is 0 Å². The first-order valence-corrected chi connectivity index (χ1v) is 5.42. The number of aryl methyl sites for hydroxylation is 2.